The van der Waals surface area contributed by atoms with Gasteiger partial charge < -0.3 is 5.73 Å². The zero-order chi connectivity index (χ0) is 13.3. The summed E-state index contributed by atoms with van der Waals surface area (Å²) in [6.45, 7) is 0.995. The average molecular weight is 270 g/mol. The van der Waals surface area contributed by atoms with E-state index in [1.54, 1.807) is 0 Å². The SMILES string of the molecule is CS(=O)(=O)c1cc(N)cc(C(=O)N2CCCO2)c1. The summed E-state index contributed by atoms with van der Waals surface area (Å²) in [4.78, 5) is 17.2. The fraction of sp³-hybridized carbons (Fsp3) is 0.364. The highest BCUT2D eigenvalue weighted by molar-refractivity contribution is 7.90. The van der Waals surface area contributed by atoms with Gasteiger partial charge >= 0.3 is 0 Å². The minimum atomic E-state index is -3.40. The third kappa shape index (κ3) is 2.62. The molecular formula is C11H14N2O4S. The van der Waals surface area contributed by atoms with Crippen molar-refractivity contribution < 1.29 is 18.0 Å². The molecule has 1 saturated heterocycles. The molecule has 7 heteroatoms. The lowest BCUT2D eigenvalue weighted by molar-refractivity contribution is -0.0768. The lowest BCUT2D eigenvalue weighted by Crippen LogP contribution is -2.26. The predicted octanol–water partition coefficient (Wildman–Crippen LogP) is 0.450. The molecule has 98 valence electrons. The van der Waals surface area contributed by atoms with Gasteiger partial charge in [0.25, 0.3) is 5.91 Å². The van der Waals surface area contributed by atoms with E-state index in [1.807, 2.05) is 0 Å². The number of nitrogen functional groups attached to an aromatic ring is 1. The maximum absolute atomic E-state index is 12.0. The smallest absolute Gasteiger partial charge is 0.277 e. The van der Waals surface area contributed by atoms with Crippen LogP contribution in [0.3, 0.4) is 0 Å². The minimum absolute atomic E-state index is 0.0325. The summed E-state index contributed by atoms with van der Waals surface area (Å²) in [6, 6.07) is 4.09. The van der Waals surface area contributed by atoms with Crippen LogP contribution in [0.5, 0.6) is 0 Å². The van der Waals surface area contributed by atoms with E-state index in [2.05, 4.69) is 0 Å². The fourth-order valence-electron chi connectivity index (χ4n) is 1.71. The molecule has 1 heterocycles. The standard InChI is InChI=1S/C11H14N2O4S/c1-18(15,16)10-6-8(5-9(12)7-10)11(14)13-3-2-4-17-13/h5-7H,2-4,12H2,1H3. The van der Waals surface area contributed by atoms with Crippen molar-refractivity contribution in [1.29, 1.82) is 0 Å². The number of sulfone groups is 1. The molecule has 2 rings (SSSR count). The van der Waals surface area contributed by atoms with Crippen LogP contribution in [0.15, 0.2) is 23.1 Å². The van der Waals surface area contributed by atoms with E-state index < -0.39 is 9.84 Å². The van der Waals surface area contributed by atoms with Crippen LogP contribution in [0.1, 0.15) is 16.8 Å². The Bertz CT molecular complexity index is 577. The summed E-state index contributed by atoms with van der Waals surface area (Å²) in [7, 11) is -3.40. The van der Waals surface area contributed by atoms with Gasteiger partial charge in [-0.15, -0.1) is 0 Å². The van der Waals surface area contributed by atoms with Crippen LogP contribution in [0.25, 0.3) is 0 Å². The summed E-state index contributed by atoms with van der Waals surface area (Å²) in [5, 5.41) is 1.22. The van der Waals surface area contributed by atoms with Gasteiger partial charge in [-0.2, -0.15) is 0 Å². The lowest BCUT2D eigenvalue weighted by Gasteiger charge is -2.14. The first kappa shape index (κ1) is 12.8. The Hall–Kier alpha value is -1.60. The Balaban J connectivity index is 2.39. The number of carbonyl (C=O) groups is 1. The largest absolute Gasteiger partial charge is 0.399 e. The number of hydrogen-bond donors (Lipinski definition) is 1. The Morgan fingerprint density at radius 2 is 2.11 bits per heavy atom. The van der Waals surface area contributed by atoms with Crippen LogP contribution in [-0.2, 0) is 14.7 Å². The Labute approximate surface area is 105 Å². The molecule has 0 saturated carbocycles. The first-order chi connectivity index (χ1) is 8.38. The molecule has 1 aliphatic heterocycles. The average Bonchev–Trinajstić information content (AvgIpc) is 2.79. The molecule has 1 fully saturated rings. The summed E-state index contributed by atoms with van der Waals surface area (Å²) < 4.78 is 22.9. The van der Waals surface area contributed by atoms with Gasteiger partial charge in [-0.3, -0.25) is 9.63 Å². The number of benzene rings is 1. The summed E-state index contributed by atoms with van der Waals surface area (Å²) in [5.74, 6) is -0.371. The number of hydrogen-bond acceptors (Lipinski definition) is 5. The Morgan fingerprint density at radius 1 is 1.39 bits per heavy atom. The van der Waals surface area contributed by atoms with Crippen LogP contribution in [-0.4, -0.2) is 38.8 Å². The second-order valence-corrected chi connectivity index (χ2v) is 6.17. The maximum Gasteiger partial charge on any atom is 0.277 e. The number of anilines is 1. The molecule has 0 spiro atoms. The number of nitrogens with two attached hydrogens (primary N) is 1. The molecule has 1 aromatic carbocycles. The van der Waals surface area contributed by atoms with Gasteiger partial charge in [0.05, 0.1) is 18.0 Å². The molecule has 0 aliphatic carbocycles. The quantitative estimate of drug-likeness (QED) is 0.788. The van der Waals surface area contributed by atoms with E-state index in [0.29, 0.717) is 13.2 Å². The second-order valence-electron chi connectivity index (χ2n) is 4.16. The highest BCUT2D eigenvalue weighted by atomic mass is 32.2. The van der Waals surface area contributed by atoms with E-state index in [1.165, 1.54) is 23.3 Å². The monoisotopic (exact) mass is 270 g/mol. The Kier molecular flexibility index (Phi) is 3.27. The number of amides is 1. The van der Waals surface area contributed by atoms with E-state index in [0.717, 1.165) is 12.7 Å². The van der Waals surface area contributed by atoms with Crippen LogP contribution in [0.4, 0.5) is 5.69 Å². The number of nitrogens with zero attached hydrogens (tertiary/aromatic N) is 1. The molecule has 0 bridgehead atoms. The van der Waals surface area contributed by atoms with Crippen molar-refractivity contribution >= 4 is 21.4 Å². The van der Waals surface area contributed by atoms with Gasteiger partial charge in [0.2, 0.25) is 0 Å². The molecule has 0 aromatic heterocycles. The van der Waals surface area contributed by atoms with Gasteiger partial charge in [0.1, 0.15) is 0 Å². The van der Waals surface area contributed by atoms with Crippen molar-refractivity contribution in [3.05, 3.63) is 23.8 Å². The summed E-state index contributed by atoms with van der Waals surface area (Å²) in [6.07, 6.45) is 1.84. The van der Waals surface area contributed by atoms with E-state index >= 15 is 0 Å². The van der Waals surface area contributed by atoms with E-state index in [-0.39, 0.29) is 22.1 Å². The van der Waals surface area contributed by atoms with Crippen molar-refractivity contribution in [1.82, 2.24) is 5.06 Å². The van der Waals surface area contributed by atoms with Crippen LogP contribution in [0.2, 0.25) is 0 Å². The van der Waals surface area contributed by atoms with Crippen LogP contribution in [0, 0.1) is 0 Å². The normalized spacial score (nSPS) is 15.9. The van der Waals surface area contributed by atoms with Gasteiger partial charge in [0, 0.05) is 17.5 Å². The van der Waals surface area contributed by atoms with Crippen molar-refractivity contribution in [2.24, 2.45) is 0 Å². The molecule has 0 radical (unpaired) electrons. The molecule has 18 heavy (non-hydrogen) atoms. The highest BCUT2D eigenvalue weighted by Gasteiger charge is 2.22. The summed E-state index contributed by atoms with van der Waals surface area (Å²) >= 11 is 0. The van der Waals surface area contributed by atoms with Crippen LogP contribution >= 0.6 is 0 Å². The third-order valence-electron chi connectivity index (χ3n) is 2.58. The number of rotatable bonds is 2. The number of hydroxylamine groups is 2. The van der Waals surface area contributed by atoms with Crippen molar-refractivity contribution in [2.45, 2.75) is 11.3 Å². The first-order valence-electron chi connectivity index (χ1n) is 5.43. The molecule has 2 N–H and O–H groups in total. The first-order valence-corrected chi connectivity index (χ1v) is 7.32. The molecule has 1 amide bonds. The highest BCUT2D eigenvalue weighted by Crippen LogP contribution is 2.19. The Morgan fingerprint density at radius 3 is 2.67 bits per heavy atom. The second kappa shape index (κ2) is 4.58. The van der Waals surface area contributed by atoms with Gasteiger partial charge in [-0.25, -0.2) is 13.5 Å². The topological polar surface area (TPSA) is 89.7 Å². The van der Waals surface area contributed by atoms with Gasteiger partial charge in [-0.05, 0) is 24.6 Å². The number of carbonyl (C=O) groups excluding carboxylic acids is 1. The van der Waals surface area contributed by atoms with Crippen LogP contribution < -0.4 is 5.73 Å². The molecular weight excluding hydrogens is 256 g/mol. The van der Waals surface area contributed by atoms with E-state index in [9.17, 15) is 13.2 Å². The van der Waals surface area contributed by atoms with Gasteiger partial charge in [0.15, 0.2) is 9.84 Å². The molecule has 6 nitrogen and oxygen atoms in total. The maximum atomic E-state index is 12.0. The predicted molar refractivity (Wildman–Crippen MR) is 65.6 cm³/mol. The van der Waals surface area contributed by atoms with Crippen molar-refractivity contribution in [3.8, 4) is 0 Å². The zero-order valence-corrected chi connectivity index (χ0v) is 10.7. The van der Waals surface area contributed by atoms with Crippen molar-refractivity contribution in [3.63, 3.8) is 0 Å². The summed E-state index contributed by atoms with van der Waals surface area (Å²) in [5.41, 5.74) is 6.07. The van der Waals surface area contributed by atoms with Crippen molar-refractivity contribution in [2.75, 3.05) is 25.1 Å². The lowest BCUT2D eigenvalue weighted by atomic mass is 10.2. The minimum Gasteiger partial charge on any atom is -0.399 e. The third-order valence-corrected chi connectivity index (χ3v) is 3.68. The molecule has 1 aromatic rings. The molecule has 1 aliphatic rings. The fourth-order valence-corrected chi connectivity index (χ4v) is 2.40. The van der Waals surface area contributed by atoms with Gasteiger partial charge in [-0.1, -0.05) is 0 Å². The molecule has 0 unspecified atom stereocenters. The molecule has 0 atom stereocenters. The van der Waals surface area contributed by atoms with E-state index in [4.69, 9.17) is 10.6 Å². The zero-order valence-electron chi connectivity index (χ0n) is 9.92.